The zero-order chi connectivity index (χ0) is 16.7. The fraction of sp³-hybridized carbons (Fsp3) is 0.737. The Bertz CT molecular complexity index is 567. The van der Waals surface area contributed by atoms with Crippen molar-refractivity contribution in [2.24, 2.45) is 11.8 Å². The van der Waals surface area contributed by atoms with Gasteiger partial charge in [0.15, 0.2) is 0 Å². The van der Waals surface area contributed by atoms with Crippen molar-refractivity contribution in [2.75, 3.05) is 19.6 Å². The molecule has 1 saturated carbocycles. The van der Waals surface area contributed by atoms with Crippen molar-refractivity contribution >= 4 is 5.91 Å². The van der Waals surface area contributed by atoms with E-state index in [4.69, 9.17) is 4.42 Å². The number of fused-ring (bicyclic) bond motifs is 1. The molecule has 0 spiro atoms. The summed E-state index contributed by atoms with van der Waals surface area (Å²) in [4.78, 5) is 17.6. The highest BCUT2D eigenvalue weighted by Gasteiger charge is 2.49. The van der Waals surface area contributed by atoms with Crippen LogP contribution in [0.2, 0.25) is 0 Å². The predicted molar refractivity (Wildman–Crippen MR) is 92.4 cm³/mol. The van der Waals surface area contributed by atoms with Crippen molar-refractivity contribution in [1.29, 1.82) is 0 Å². The Morgan fingerprint density at radius 1 is 1.38 bits per heavy atom. The summed E-state index contributed by atoms with van der Waals surface area (Å²) < 4.78 is 5.49. The molecule has 5 heteroatoms. The Morgan fingerprint density at radius 3 is 2.88 bits per heavy atom. The van der Waals surface area contributed by atoms with Crippen LogP contribution in [0, 0.1) is 11.8 Å². The molecule has 24 heavy (non-hydrogen) atoms. The molecular formula is C19H29N3O2. The summed E-state index contributed by atoms with van der Waals surface area (Å²) in [6, 6.07) is 4.95. The summed E-state index contributed by atoms with van der Waals surface area (Å²) in [5.41, 5.74) is 0. The van der Waals surface area contributed by atoms with Crippen molar-refractivity contribution in [2.45, 2.75) is 57.8 Å². The predicted octanol–water partition coefficient (Wildman–Crippen LogP) is 2.09. The van der Waals surface area contributed by atoms with Crippen molar-refractivity contribution in [3.63, 3.8) is 0 Å². The first-order valence-corrected chi connectivity index (χ1v) is 9.41. The van der Waals surface area contributed by atoms with E-state index in [0.29, 0.717) is 18.0 Å². The van der Waals surface area contributed by atoms with Gasteiger partial charge in [0, 0.05) is 31.7 Å². The Kier molecular flexibility index (Phi) is 4.39. The Hall–Kier alpha value is -1.33. The molecule has 2 saturated heterocycles. The molecule has 0 bridgehead atoms. The summed E-state index contributed by atoms with van der Waals surface area (Å²) in [7, 11) is 0. The third-order valence-electron chi connectivity index (χ3n) is 5.87. The molecule has 3 heterocycles. The molecule has 1 amide bonds. The Balaban J connectivity index is 1.39. The summed E-state index contributed by atoms with van der Waals surface area (Å²) in [6.07, 6.45) is 5.30. The minimum absolute atomic E-state index is 0.0597. The van der Waals surface area contributed by atoms with E-state index in [1.54, 1.807) is 6.26 Å². The Morgan fingerprint density at radius 2 is 2.21 bits per heavy atom. The molecule has 0 unspecified atom stereocenters. The van der Waals surface area contributed by atoms with E-state index < -0.39 is 0 Å². The molecule has 3 atom stereocenters. The van der Waals surface area contributed by atoms with E-state index in [1.807, 2.05) is 12.1 Å². The van der Waals surface area contributed by atoms with Gasteiger partial charge in [0.2, 0.25) is 5.91 Å². The molecule has 5 nitrogen and oxygen atoms in total. The van der Waals surface area contributed by atoms with Gasteiger partial charge in [-0.1, -0.05) is 0 Å². The molecule has 0 radical (unpaired) electrons. The summed E-state index contributed by atoms with van der Waals surface area (Å²) >= 11 is 0. The number of carbonyl (C=O) groups is 1. The van der Waals surface area contributed by atoms with Crippen LogP contribution in [0.1, 0.15) is 38.9 Å². The van der Waals surface area contributed by atoms with Gasteiger partial charge < -0.3 is 9.73 Å². The largest absolute Gasteiger partial charge is 0.468 e. The molecule has 1 N–H and O–H groups in total. The molecule has 4 rings (SSSR count). The average Bonchev–Trinajstić information content (AvgIpc) is 2.93. The van der Waals surface area contributed by atoms with E-state index in [1.165, 1.54) is 12.8 Å². The SMILES string of the molecule is CC(C)N1[C@@H]2CN(Cc3ccco3)C[C@@H]2C[C@H]1C(=O)NCC1CC1. The second kappa shape index (κ2) is 6.52. The van der Waals surface area contributed by atoms with Crippen LogP contribution < -0.4 is 5.32 Å². The van der Waals surface area contributed by atoms with Gasteiger partial charge in [0.25, 0.3) is 0 Å². The van der Waals surface area contributed by atoms with Gasteiger partial charge >= 0.3 is 0 Å². The van der Waals surface area contributed by atoms with Crippen LogP contribution in [0.25, 0.3) is 0 Å². The van der Waals surface area contributed by atoms with Crippen LogP contribution in [-0.2, 0) is 11.3 Å². The van der Waals surface area contributed by atoms with Crippen LogP contribution in [-0.4, -0.2) is 53.5 Å². The molecule has 132 valence electrons. The van der Waals surface area contributed by atoms with Gasteiger partial charge in [-0.2, -0.15) is 0 Å². The van der Waals surface area contributed by atoms with Gasteiger partial charge in [-0.25, -0.2) is 0 Å². The maximum atomic E-state index is 12.7. The van der Waals surface area contributed by atoms with Gasteiger partial charge in [-0.15, -0.1) is 0 Å². The number of nitrogens with one attached hydrogen (secondary N) is 1. The summed E-state index contributed by atoms with van der Waals surface area (Å²) in [5.74, 6) is 2.62. The maximum Gasteiger partial charge on any atom is 0.237 e. The Labute approximate surface area is 144 Å². The first kappa shape index (κ1) is 16.2. The first-order valence-electron chi connectivity index (χ1n) is 9.41. The lowest BCUT2D eigenvalue weighted by Gasteiger charge is -2.33. The summed E-state index contributed by atoms with van der Waals surface area (Å²) in [6.45, 7) is 8.31. The quantitative estimate of drug-likeness (QED) is 0.867. The maximum absolute atomic E-state index is 12.7. The van der Waals surface area contributed by atoms with Crippen LogP contribution in [0.15, 0.2) is 22.8 Å². The minimum Gasteiger partial charge on any atom is -0.468 e. The monoisotopic (exact) mass is 331 g/mol. The second-order valence-corrected chi connectivity index (χ2v) is 8.08. The zero-order valence-corrected chi connectivity index (χ0v) is 14.8. The fourth-order valence-electron chi connectivity index (χ4n) is 4.57. The molecule has 3 aliphatic rings. The van der Waals surface area contributed by atoms with E-state index >= 15 is 0 Å². The molecule has 1 aliphatic carbocycles. The number of hydrogen-bond donors (Lipinski definition) is 1. The normalized spacial score (nSPS) is 30.9. The highest BCUT2D eigenvalue weighted by atomic mass is 16.3. The number of nitrogens with zero attached hydrogens (tertiary/aromatic N) is 2. The number of rotatable bonds is 6. The van der Waals surface area contributed by atoms with E-state index in [0.717, 1.165) is 44.3 Å². The lowest BCUT2D eigenvalue weighted by Crippen LogP contribution is -2.50. The zero-order valence-electron chi connectivity index (χ0n) is 14.8. The van der Waals surface area contributed by atoms with E-state index in [2.05, 4.69) is 29.0 Å². The first-order chi connectivity index (χ1) is 11.6. The average molecular weight is 331 g/mol. The van der Waals surface area contributed by atoms with Crippen LogP contribution in [0.4, 0.5) is 0 Å². The third-order valence-corrected chi connectivity index (χ3v) is 5.87. The number of likely N-dealkylation sites (tertiary alicyclic amines) is 2. The van der Waals surface area contributed by atoms with Crippen LogP contribution in [0.3, 0.4) is 0 Å². The highest BCUT2D eigenvalue weighted by molar-refractivity contribution is 5.82. The third kappa shape index (κ3) is 3.24. The number of furan rings is 1. The molecule has 1 aromatic rings. The van der Waals surface area contributed by atoms with Gasteiger partial charge in [-0.05, 0) is 57.1 Å². The lowest BCUT2D eigenvalue weighted by atomic mass is 10.0. The lowest BCUT2D eigenvalue weighted by molar-refractivity contribution is -0.126. The number of carbonyl (C=O) groups excluding carboxylic acids is 1. The summed E-state index contributed by atoms with van der Waals surface area (Å²) in [5, 5.41) is 3.20. The van der Waals surface area contributed by atoms with Gasteiger partial charge in [-0.3, -0.25) is 14.6 Å². The van der Waals surface area contributed by atoms with E-state index in [-0.39, 0.29) is 11.9 Å². The van der Waals surface area contributed by atoms with Crippen molar-refractivity contribution in [3.8, 4) is 0 Å². The van der Waals surface area contributed by atoms with Gasteiger partial charge in [0.05, 0.1) is 18.8 Å². The van der Waals surface area contributed by atoms with Crippen molar-refractivity contribution < 1.29 is 9.21 Å². The van der Waals surface area contributed by atoms with E-state index in [9.17, 15) is 4.79 Å². The topological polar surface area (TPSA) is 48.7 Å². The highest BCUT2D eigenvalue weighted by Crippen LogP contribution is 2.38. The van der Waals surface area contributed by atoms with Crippen LogP contribution in [0.5, 0.6) is 0 Å². The molecule has 3 fully saturated rings. The number of amides is 1. The number of hydrogen-bond acceptors (Lipinski definition) is 4. The van der Waals surface area contributed by atoms with Crippen molar-refractivity contribution in [3.05, 3.63) is 24.2 Å². The molecule has 2 aliphatic heterocycles. The smallest absolute Gasteiger partial charge is 0.237 e. The second-order valence-electron chi connectivity index (χ2n) is 8.08. The van der Waals surface area contributed by atoms with Crippen LogP contribution >= 0.6 is 0 Å². The fourth-order valence-corrected chi connectivity index (χ4v) is 4.57. The molecule has 1 aromatic heterocycles. The minimum atomic E-state index is 0.0597. The van der Waals surface area contributed by atoms with Gasteiger partial charge in [0.1, 0.15) is 5.76 Å². The molecular weight excluding hydrogens is 302 g/mol. The van der Waals surface area contributed by atoms with Crippen molar-refractivity contribution in [1.82, 2.24) is 15.1 Å². The molecule has 0 aromatic carbocycles. The standard InChI is InChI=1S/C19H29N3O2/c1-13(2)22-17(19(23)20-9-14-5-6-14)8-15-10-21(12-18(15)22)11-16-4-3-7-24-16/h3-4,7,13-15,17-18H,5-6,8-12H2,1-2H3,(H,20,23)/t15-,17-,18+/m0/s1.